The number of hydrogen-bond acceptors (Lipinski definition) is 3. The van der Waals surface area contributed by atoms with Crippen LogP contribution in [0, 0.1) is 5.82 Å². The molecule has 0 aromatic heterocycles. The van der Waals surface area contributed by atoms with Gasteiger partial charge in [-0.1, -0.05) is 23.7 Å². The summed E-state index contributed by atoms with van der Waals surface area (Å²) in [5, 5.41) is 0.334. The van der Waals surface area contributed by atoms with Crippen LogP contribution in [0.3, 0.4) is 0 Å². The van der Waals surface area contributed by atoms with Gasteiger partial charge in [-0.15, -0.1) is 0 Å². The van der Waals surface area contributed by atoms with E-state index < -0.39 is 5.82 Å². The van der Waals surface area contributed by atoms with Crippen molar-refractivity contribution < 1.29 is 13.9 Å². The maximum absolute atomic E-state index is 13.7. The number of halogens is 2. The fourth-order valence-electron chi connectivity index (χ4n) is 1.91. The number of benzene rings is 2. The first-order valence-corrected chi connectivity index (χ1v) is 6.90. The summed E-state index contributed by atoms with van der Waals surface area (Å²) in [6.45, 7) is 1.91. The standard InChI is InChI=1S/C16H17ClFNO2/c1-10(19)11-6-7-15(16(8-11)20-2)21-9-12-13(17)4-3-5-14(12)18/h3-8,10H,9,19H2,1-2H3/t10-/m1/s1. The zero-order valence-electron chi connectivity index (χ0n) is 11.9. The highest BCUT2D eigenvalue weighted by Gasteiger charge is 2.11. The molecule has 2 rings (SSSR count). The molecular formula is C16H17ClFNO2. The molecule has 21 heavy (non-hydrogen) atoms. The largest absolute Gasteiger partial charge is 0.493 e. The van der Waals surface area contributed by atoms with Crippen LogP contribution in [0.1, 0.15) is 24.1 Å². The molecule has 5 heteroatoms. The second-order valence-corrected chi connectivity index (χ2v) is 5.10. The van der Waals surface area contributed by atoms with E-state index in [1.54, 1.807) is 25.3 Å². The van der Waals surface area contributed by atoms with Gasteiger partial charge in [0.1, 0.15) is 12.4 Å². The first kappa shape index (κ1) is 15.6. The van der Waals surface area contributed by atoms with E-state index in [0.29, 0.717) is 22.1 Å². The van der Waals surface area contributed by atoms with Crippen molar-refractivity contribution in [2.75, 3.05) is 7.11 Å². The van der Waals surface area contributed by atoms with Gasteiger partial charge in [0.05, 0.1) is 12.1 Å². The summed E-state index contributed by atoms with van der Waals surface area (Å²) in [5.41, 5.74) is 7.08. The fourth-order valence-corrected chi connectivity index (χ4v) is 2.12. The molecule has 0 aliphatic carbocycles. The van der Waals surface area contributed by atoms with Gasteiger partial charge in [-0.25, -0.2) is 4.39 Å². The van der Waals surface area contributed by atoms with Gasteiger partial charge in [-0.05, 0) is 36.8 Å². The molecule has 0 aliphatic rings. The van der Waals surface area contributed by atoms with Crippen molar-refractivity contribution >= 4 is 11.6 Å². The quantitative estimate of drug-likeness (QED) is 0.905. The summed E-state index contributed by atoms with van der Waals surface area (Å²) in [7, 11) is 1.54. The van der Waals surface area contributed by atoms with Gasteiger partial charge in [0.25, 0.3) is 0 Å². The van der Waals surface area contributed by atoms with Crippen molar-refractivity contribution in [2.45, 2.75) is 19.6 Å². The first-order valence-electron chi connectivity index (χ1n) is 6.52. The molecule has 0 spiro atoms. The Morgan fingerprint density at radius 1 is 1.24 bits per heavy atom. The van der Waals surface area contributed by atoms with Crippen LogP contribution < -0.4 is 15.2 Å². The zero-order chi connectivity index (χ0) is 15.4. The Labute approximate surface area is 128 Å². The summed E-state index contributed by atoms with van der Waals surface area (Å²) >= 11 is 5.97. The molecule has 0 amide bonds. The Balaban J connectivity index is 2.20. The Morgan fingerprint density at radius 2 is 2.00 bits per heavy atom. The third-order valence-electron chi connectivity index (χ3n) is 3.15. The highest BCUT2D eigenvalue weighted by molar-refractivity contribution is 6.31. The van der Waals surface area contributed by atoms with Crippen LogP contribution in [0.25, 0.3) is 0 Å². The van der Waals surface area contributed by atoms with E-state index in [1.807, 2.05) is 19.1 Å². The number of methoxy groups -OCH3 is 1. The molecule has 2 aromatic carbocycles. The van der Waals surface area contributed by atoms with E-state index in [-0.39, 0.29) is 12.6 Å². The van der Waals surface area contributed by atoms with Crippen LogP contribution in [0.2, 0.25) is 5.02 Å². The summed E-state index contributed by atoms with van der Waals surface area (Å²) < 4.78 is 24.6. The lowest BCUT2D eigenvalue weighted by molar-refractivity contribution is 0.279. The summed E-state index contributed by atoms with van der Waals surface area (Å²) in [6.07, 6.45) is 0. The lowest BCUT2D eigenvalue weighted by Gasteiger charge is -2.14. The van der Waals surface area contributed by atoms with Crippen molar-refractivity contribution in [3.05, 3.63) is 58.4 Å². The number of hydrogen-bond donors (Lipinski definition) is 1. The van der Waals surface area contributed by atoms with Crippen LogP contribution >= 0.6 is 11.6 Å². The molecule has 1 atom stereocenters. The van der Waals surface area contributed by atoms with Crippen molar-refractivity contribution in [3.8, 4) is 11.5 Å². The molecule has 0 radical (unpaired) electrons. The van der Waals surface area contributed by atoms with Crippen LogP contribution in [0.15, 0.2) is 36.4 Å². The Kier molecular flexibility index (Phi) is 5.04. The van der Waals surface area contributed by atoms with E-state index in [4.69, 9.17) is 26.8 Å². The van der Waals surface area contributed by atoms with Gasteiger partial charge in [0.2, 0.25) is 0 Å². The number of nitrogens with two attached hydrogens (primary N) is 1. The third kappa shape index (κ3) is 3.65. The van der Waals surface area contributed by atoms with Gasteiger partial charge in [-0.2, -0.15) is 0 Å². The van der Waals surface area contributed by atoms with Gasteiger partial charge in [-0.3, -0.25) is 0 Å². The predicted octanol–water partition coefficient (Wildman–Crippen LogP) is 4.09. The first-order chi connectivity index (χ1) is 10.0. The van der Waals surface area contributed by atoms with E-state index >= 15 is 0 Å². The zero-order valence-corrected chi connectivity index (χ0v) is 12.7. The normalized spacial score (nSPS) is 12.0. The highest BCUT2D eigenvalue weighted by Crippen LogP contribution is 2.31. The molecule has 112 valence electrons. The molecule has 0 saturated carbocycles. The van der Waals surface area contributed by atoms with E-state index in [2.05, 4.69) is 0 Å². The number of rotatable bonds is 5. The monoisotopic (exact) mass is 309 g/mol. The molecule has 3 nitrogen and oxygen atoms in total. The van der Waals surface area contributed by atoms with Crippen LogP contribution in [0.4, 0.5) is 4.39 Å². The van der Waals surface area contributed by atoms with E-state index in [1.165, 1.54) is 6.07 Å². The molecule has 0 unspecified atom stereocenters. The summed E-state index contributed by atoms with van der Waals surface area (Å²) in [6, 6.07) is 9.84. The van der Waals surface area contributed by atoms with Crippen molar-refractivity contribution in [1.82, 2.24) is 0 Å². The smallest absolute Gasteiger partial charge is 0.161 e. The van der Waals surface area contributed by atoms with Gasteiger partial charge >= 0.3 is 0 Å². The molecule has 0 fully saturated rings. The van der Waals surface area contributed by atoms with E-state index in [9.17, 15) is 4.39 Å². The summed E-state index contributed by atoms with van der Waals surface area (Å²) in [5.74, 6) is 0.673. The maximum atomic E-state index is 13.7. The third-order valence-corrected chi connectivity index (χ3v) is 3.50. The average molecular weight is 310 g/mol. The predicted molar refractivity (Wildman–Crippen MR) is 81.3 cm³/mol. The molecule has 0 bridgehead atoms. The second kappa shape index (κ2) is 6.78. The van der Waals surface area contributed by atoms with Crippen molar-refractivity contribution in [2.24, 2.45) is 5.73 Å². The molecule has 0 heterocycles. The highest BCUT2D eigenvalue weighted by atomic mass is 35.5. The minimum atomic E-state index is -0.395. The Bertz CT molecular complexity index is 611. The van der Waals surface area contributed by atoms with E-state index in [0.717, 1.165) is 5.56 Å². The van der Waals surface area contributed by atoms with Gasteiger partial charge in [0, 0.05) is 11.6 Å². The Hall–Kier alpha value is -1.78. The number of ether oxygens (including phenoxy) is 2. The maximum Gasteiger partial charge on any atom is 0.161 e. The lowest BCUT2D eigenvalue weighted by atomic mass is 10.1. The molecule has 2 aromatic rings. The molecular weight excluding hydrogens is 293 g/mol. The van der Waals surface area contributed by atoms with Crippen LogP contribution in [-0.2, 0) is 6.61 Å². The summed E-state index contributed by atoms with van der Waals surface area (Å²) in [4.78, 5) is 0. The topological polar surface area (TPSA) is 44.5 Å². The van der Waals surface area contributed by atoms with Gasteiger partial charge < -0.3 is 15.2 Å². The fraction of sp³-hybridized carbons (Fsp3) is 0.250. The molecule has 0 saturated heterocycles. The SMILES string of the molecule is COc1cc([C@@H](C)N)ccc1OCc1c(F)cccc1Cl. The average Bonchev–Trinajstić information content (AvgIpc) is 2.46. The second-order valence-electron chi connectivity index (χ2n) is 4.69. The molecule has 0 aliphatic heterocycles. The van der Waals surface area contributed by atoms with Crippen molar-refractivity contribution in [1.29, 1.82) is 0 Å². The van der Waals surface area contributed by atoms with Gasteiger partial charge in [0.15, 0.2) is 11.5 Å². The minimum absolute atomic E-state index is 0.0272. The van der Waals surface area contributed by atoms with Crippen molar-refractivity contribution in [3.63, 3.8) is 0 Å². The Morgan fingerprint density at radius 3 is 2.62 bits per heavy atom. The minimum Gasteiger partial charge on any atom is -0.493 e. The molecule has 2 N–H and O–H groups in total. The lowest BCUT2D eigenvalue weighted by Crippen LogP contribution is -2.06. The van der Waals surface area contributed by atoms with Crippen LogP contribution in [-0.4, -0.2) is 7.11 Å². The van der Waals surface area contributed by atoms with Crippen LogP contribution in [0.5, 0.6) is 11.5 Å².